The summed E-state index contributed by atoms with van der Waals surface area (Å²) < 4.78 is 0. The van der Waals surface area contributed by atoms with Crippen molar-refractivity contribution in [3.05, 3.63) is 0 Å². The largest absolute Gasteiger partial charge is 0.480 e. The minimum Gasteiger partial charge on any atom is -0.480 e. The Kier molecular flexibility index (Phi) is 6.50. The van der Waals surface area contributed by atoms with Crippen molar-refractivity contribution in [3.8, 4) is 0 Å². The molecule has 88 valence electrons. The summed E-state index contributed by atoms with van der Waals surface area (Å²) in [6.07, 6.45) is 1.41. The number of carbonyl (C=O) groups is 1. The van der Waals surface area contributed by atoms with Crippen LogP contribution in [0.25, 0.3) is 0 Å². The number of unbranched alkanes of at least 4 members (excludes halogenated alkanes) is 1. The van der Waals surface area contributed by atoms with E-state index in [-0.39, 0.29) is 25.8 Å². The van der Waals surface area contributed by atoms with Crippen molar-refractivity contribution < 1.29 is 25.1 Å². The number of carboxylic acids is 1. The minimum atomic E-state index is -1.41. The highest BCUT2D eigenvalue weighted by atomic mass is 16.4. The quantitative estimate of drug-likeness (QED) is 0.258. The predicted octanol–water partition coefficient (Wildman–Crippen LogP) is -1.21. The second-order valence-electron chi connectivity index (χ2n) is 3.66. The molecule has 0 bridgehead atoms. The van der Waals surface area contributed by atoms with Gasteiger partial charge in [0.1, 0.15) is 5.54 Å². The van der Waals surface area contributed by atoms with Crippen LogP contribution in [-0.2, 0) is 4.79 Å². The Hall–Kier alpha value is -0.625. The van der Waals surface area contributed by atoms with Gasteiger partial charge in [-0.3, -0.25) is 4.79 Å². The van der Waals surface area contributed by atoms with Crippen LogP contribution in [0, 0.1) is 0 Å². The SMILES string of the molecule is NC(CCO)(CCCCB(O)O)C(=O)O. The van der Waals surface area contributed by atoms with Crippen LogP contribution in [0.3, 0.4) is 0 Å². The molecule has 0 radical (unpaired) electrons. The van der Waals surface area contributed by atoms with Gasteiger partial charge in [0.25, 0.3) is 0 Å². The first-order valence-corrected chi connectivity index (χ1v) is 4.91. The Labute approximate surface area is 88.9 Å². The smallest absolute Gasteiger partial charge is 0.451 e. The third kappa shape index (κ3) is 5.73. The molecule has 0 fully saturated rings. The van der Waals surface area contributed by atoms with Gasteiger partial charge in [0, 0.05) is 6.61 Å². The predicted molar refractivity (Wildman–Crippen MR) is 55.1 cm³/mol. The molecular formula is C8H18BNO5. The molecule has 0 rings (SSSR count). The van der Waals surface area contributed by atoms with Crippen molar-refractivity contribution in [2.45, 2.75) is 37.5 Å². The molecule has 0 aliphatic carbocycles. The number of nitrogens with two attached hydrogens (primary N) is 1. The van der Waals surface area contributed by atoms with Crippen molar-refractivity contribution in [1.29, 1.82) is 0 Å². The van der Waals surface area contributed by atoms with E-state index < -0.39 is 18.6 Å². The Bertz CT molecular complexity index is 201. The second kappa shape index (κ2) is 6.78. The highest BCUT2D eigenvalue weighted by molar-refractivity contribution is 6.40. The molecule has 0 saturated heterocycles. The zero-order valence-corrected chi connectivity index (χ0v) is 8.59. The first kappa shape index (κ1) is 14.4. The number of aliphatic hydroxyl groups excluding tert-OH is 1. The molecule has 0 heterocycles. The summed E-state index contributed by atoms with van der Waals surface area (Å²) in [6.45, 7) is -0.272. The summed E-state index contributed by atoms with van der Waals surface area (Å²) in [5, 5.41) is 34.6. The van der Waals surface area contributed by atoms with Crippen LogP contribution in [-0.4, -0.2) is 45.5 Å². The average Bonchev–Trinajstić information content (AvgIpc) is 2.12. The number of hydrogen-bond donors (Lipinski definition) is 5. The molecular weight excluding hydrogens is 201 g/mol. The molecule has 0 aliphatic heterocycles. The van der Waals surface area contributed by atoms with E-state index >= 15 is 0 Å². The van der Waals surface area contributed by atoms with E-state index in [1.807, 2.05) is 0 Å². The lowest BCUT2D eigenvalue weighted by atomic mass is 9.81. The van der Waals surface area contributed by atoms with Gasteiger partial charge in [-0.25, -0.2) is 0 Å². The van der Waals surface area contributed by atoms with Gasteiger partial charge in [0.05, 0.1) is 0 Å². The van der Waals surface area contributed by atoms with Crippen molar-refractivity contribution >= 4 is 13.1 Å². The van der Waals surface area contributed by atoms with Crippen molar-refractivity contribution in [1.82, 2.24) is 0 Å². The monoisotopic (exact) mass is 219 g/mol. The van der Waals surface area contributed by atoms with Crippen LogP contribution < -0.4 is 5.73 Å². The highest BCUT2D eigenvalue weighted by Gasteiger charge is 2.32. The normalized spacial score (nSPS) is 14.7. The molecule has 6 N–H and O–H groups in total. The molecule has 15 heavy (non-hydrogen) atoms. The van der Waals surface area contributed by atoms with E-state index in [0.29, 0.717) is 12.8 Å². The zero-order valence-electron chi connectivity index (χ0n) is 8.59. The second-order valence-corrected chi connectivity index (χ2v) is 3.66. The summed E-state index contributed by atoms with van der Waals surface area (Å²) >= 11 is 0. The summed E-state index contributed by atoms with van der Waals surface area (Å²) in [7, 11) is -1.36. The maximum absolute atomic E-state index is 10.8. The molecule has 0 spiro atoms. The van der Waals surface area contributed by atoms with Gasteiger partial charge in [-0.2, -0.15) is 0 Å². The first-order valence-electron chi connectivity index (χ1n) is 4.91. The molecule has 0 aromatic rings. The number of rotatable bonds is 8. The van der Waals surface area contributed by atoms with Gasteiger partial charge < -0.3 is 26.0 Å². The van der Waals surface area contributed by atoms with Crippen LogP contribution in [0.4, 0.5) is 0 Å². The van der Waals surface area contributed by atoms with Crippen LogP contribution in [0.5, 0.6) is 0 Å². The van der Waals surface area contributed by atoms with Crippen LogP contribution in [0.15, 0.2) is 0 Å². The summed E-state index contributed by atoms with van der Waals surface area (Å²) in [5.74, 6) is -1.14. The van der Waals surface area contributed by atoms with E-state index in [2.05, 4.69) is 0 Å². The third-order valence-electron chi connectivity index (χ3n) is 2.32. The number of carboxylic acid groups (broad SMARTS) is 1. The van der Waals surface area contributed by atoms with Crippen LogP contribution in [0.1, 0.15) is 25.7 Å². The zero-order chi connectivity index (χ0) is 11.9. The molecule has 1 unspecified atom stereocenters. The maximum Gasteiger partial charge on any atom is 0.451 e. The Morgan fingerprint density at radius 1 is 1.27 bits per heavy atom. The van der Waals surface area contributed by atoms with Crippen molar-refractivity contribution in [2.24, 2.45) is 5.73 Å². The van der Waals surface area contributed by atoms with E-state index in [0.717, 1.165) is 0 Å². The Morgan fingerprint density at radius 2 is 1.87 bits per heavy atom. The van der Waals surface area contributed by atoms with E-state index in [1.54, 1.807) is 0 Å². The fourth-order valence-corrected chi connectivity index (χ4v) is 1.31. The average molecular weight is 219 g/mol. The van der Waals surface area contributed by atoms with Gasteiger partial charge in [-0.15, -0.1) is 0 Å². The summed E-state index contributed by atoms with van der Waals surface area (Å²) in [5.41, 5.74) is 4.18. The maximum atomic E-state index is 10.8. The minimum absolute atomic E-state index is 0.00398. The van der Waals surface area contributed by atoms with E-state index in [9.17, 15) is 4.79 Å². The Balaban J connectivity index is 3.92. The van der Waals surface area contributed by atoms with E-state index in [4.69, 9.17) is 26.0 Å². The van der Waals surface area contributed by atoms with Crippen LogP contribution >= 0.6 is 0 Å². The van der Waals surface area contributed by atoms with Gasteiger partial charge >= 0.3 is 13.1 Å². The van der Waals surface area contributed by atoms with Gasteiger partial charge in [-0.1, -0.05) is 12.8 Å². The summed E-state index contributed by atoms with van der Waals surface area (Å²) in [6, 6.07) is 0. The molecule has 1 atom stereocenters. The highest BCUT2D eigenvalue weighted by Crippen LogP contribution is 2.17. The van der Waals surface area contributed by atoms with Crippen molar-refractivity contribution in [2.75, 3.05) is 6.61 Å². The molecule has 0 amide bonds. The standard InChI is InChI=1S/C8H18BNO5/c10-8(4-6-11,7(12)13)3-1-2-5-9(14)15/h11,14-15H,1-6,10H2,(H,12,13). The van der Waals surface area contributed by atoms with Crippen LogP contribution in [0.2, 0.25) is 6.32 Å². The third-order valence-corrected chi connectivity index (χ3v) is 2.32. The number of hydrogen-bond acceptors (Lipinski definition) is 5. The lowest BCUT2D eigenvalue weighted by molar-refractivity contribution is -0.144. The van der Waals surface area contributed by atoms with Crippen molar-refractivity contribution in [3.63, 3.8) is 0 Å². The lowest BCUT2D eigenvalue weighted by Crippen LogP contribution is -2.48. The van der Waals surface area contributed by atoms with Gasteiger partial charge in [0.15, 0.2) is 0 Å². The fraction of sp³-hybridized carbons (Fsp3) is 0.875. The molecule has 0 aromatic heterocycles. The molecule has 6 nitrogen and oxygen atoms in total. The van der Waals surface area contributed by atoms with Gasteiger partial charge in [0.2, 0.25) is 0 Å². The lowest BCUT2D eigenvalue weighted by Gasteiger charge is -2.23. The molecule has 0 saturated carbocycles. The molecule has 0 aliphatic rings. The topological polar surface area (TPSA) is 124 Å². The van der Waals surface area contributed by atoms with E-state index in [1.165, 1.54) is 0 Å². The van der Waals surface area contributed by atoms with Gasteiger partial charge in [-0.05, 0) is 19.2 Å². The first-order chi connectivity index (χ1) is 6.92. The number of aliphatic carboxylic acids is 1. The Morgan fingerprint density at radius 3 is 2.27 bits per heavy atom. The number of aliphatic hydroxyl groups is 1. The molecule has 0 aromatic carbocycles. The fourth-order valence-electron chi connectivity index (χ4n) is 1.31. The molecule has 7 heteroatoms. The summed E-state index contributed by atoms with van der Waals surface area (Å²) in [4.78, 5) is 10.8.